The predicted molar refractivity (Wildman–Crippen MR) is 98.9 cm³/mol. The SMILES string of the molecule is Cc1ccc(Cn2ccsc2=NC(=O)COC(=O)C2=NNC(=O)CC2)cc1. The van der Waals surface area contributed by atoms with Crippen molar-refractivity contribution in [2.45, 2.75) is 26.3 Å². The molecule has 0 fully saturated rings. The number of hydrogen-bond donors (Lipinski definition) is 1. The van der Waals surface area contributed by atoms with Crippen LogP contribution in [0.4, 0.5) is 0 Å². The molecule has 3 rings (SSSR count). The van der Waals surface area contributed by atoms with Crippen molar-refractivity contribution >= 4 is 34.8 Å². The minimum Gasteiger partial charge on any atom is -0.451 e. The van der Waals surface area contributed by atoms with Crippen LogP contribution in [0, 0.1) is 6.92 Å². The number of aromatic nitrogens is 1. The summed E-state index contributed by atoms with van der Waals surface area (Å²) in [6.07, 6.45) is 2.21. The van der Waals surface area contributed by atoms with Crippen LogP contribution in [0.15, 0.2) is 45.9 Å². The number of nitrogens with zero attached hydrogens (tertiary/aromatic N) is 3. The van der Waals surface area contributed by atoms with E-state index < -0.39 is 18.5 Å². The maximum absolute atomic E-state index is 12.0. The van der Waals surface area contributed by atoms with Crippen molar-refractivity contribution in [1.29, 1.82) is 0 Å². The molecule has 0 saturated carbocycles. The summed E-state index contributed by atoms with van der Waals surface area (Å²) in [7, 11) is 0. The van der Waals surface area contributed by atoms with Crippen LogP contribution in [0.1, 0.15) is 24.0 Å². The molecule has 1 N–H and O–H groups in total. The van der Waals surface area contributed by atoms with Crippen LogP contribution >= 0.6 is 11.3 Å². The summed E-state index contributed by atoms with van der Waals surface area (Å²) < 4.78 is 6.79. The van der Waals surface area contributed by atoms with Gasteiger partial charge in [0.15, 0.2) is 11.4 Å². The van der Waals surface area contributed by atoms with E-state index in [-0.39, 0.29) is 24.5 Å². The Kier molecular flexibility index (Phi) is 5.92. The van der Waals surface area contributed by atoms with Gasteiger partial charge in [-0.15, -0.1) is 11.3 Å². The normalized spacial score (nSPS) is 14.5. The predicted octanol–water partition coefficient (Wildman–Crippen LogP) is 1.14. The molecule has 0 saturated heterocycles. The van der Waals surface area contributed by atoms with Gasteiger partial charge in [0.1, 0.15) is 5.71 Å². The number of nitrogens with one attached hydrogen (secondary N) is 1. The second-order valence-corrected chi connectivity index (χ2v) is 6.85. The van der Waals surface area contributed by atoms with Gasteiger partial charge in [-0.1, -0.05) is 29.8 Å². The molecule has 1 aliphatic heterocycles. The minimum absolute atomic E-state index is 0.0907. The third kappa shape index (κ3) is 5.20. The standard InChI is InChI=1S/C18H18N4O4S/c1-12-2-4-13(5-3-12)10-22-8-9-27-18(22)19-16(24)11-26-17(25)14-6-7-15(23)21-20-14/h2-5,8-9H,6-7,10-11H2,1H3,(H,21,23). The van der Waals surface area contributed by atoms with E-state index in [0.717, 1.165) is 5.56 Å². The fourth-order valence-electron chi connectivity index (χ4n) is 2.37. The molecule has 1 aromatic carbocycles. The quantitative estimate of drug-likeness (QED) is 0.779. The smallest absolute Gasteiger partial charge is 0.355 e. The second-order valence-electron chi connectivity index (χ2n) is 5.97. The summed E-state index contributed by atoms with van der Waals surface area (Å²) >= 11 is 1.33. The molecule has 27 heavy (non-hydrogen) atoms. The number of hydrogen-bond acceptors (Lipinski definition) is 6. The van der Waals surface area contributed by atoms with Gasteiger partial charge in [0.25, 0.3) is 5.91 Å². The highest BCUT2D eigenvalue weighted by atomic mass is 32.1. The van der Waals surface area contributed by atoms with Crippen molar-refractivity contribution in [2.75, 3.05) is 6.61 Å². The van der Waals surface area contributed by atoms with Crippen molar-refractivity contribution in [3.05, 3.63) is 51.8 Å². The molecule has 9 heteroatoms. The van der Waals surface area contributed by atoms with Crippen LogP contribution in [-0.2, 0) is 25.7 Å². The van der Waals surface area contributed by atoms with Gasteiger partial charge in [0.05, 0.1) is 0 Å². The van der Waals surface area contributed by atoms with Crippen molar-refractivity contribution < 1.29 is 19.1 Å². The number of hydrazone groups is 1. The van der Waals surface area contributed by atoms with Crippen LogP contribution < -0.4 is 10.2 Å². The monoisotopic (exact) mass is 386 g/mol. The number of ether oxygens (including phenoxy) is 1. The number of amides is 2. The van der Waals surface area contributed by atoms with Gasteiger partial charge >= 0.3 is 5.97 Å². The molecule has 0 spiro atoms. The van der Waals surface area contributed by atoms with E-state index in [1.165, 1.54) is 16.9 Å². The largest absolute Gasteiger partial charge is 0.451 e. The van der Waals surface area contributed by atoms with Crippen LogP contribution in [0.2, 0.25) is 0 Å². The highest BCUT2D eigenvalue weighted by Crippen LogP contribution is 2.05. The lowest BCUT2D eigenvalue weighted by Crippen LogP contribution is -2.31. The molecule has 1 aromatic heterocycles. The van der Waals surface area contributed by atoms with Crippen LogP contribution in [0.3, 0.4) is 0 Å². The van der Waals surface area contributed by atoms with E-state index in [4.69, 9.17) is 4.74 Å². The van der Waals surface area contributed by atoms with Gasteiger partial charge in [-0.2, -0.15) is 10.1 Å². The zero-order valence-corrected chi connectivity index (χ0v) is 15.5. The first-order chi connectivity index (χ1) is 13.0. The van der Waals surface area contributed by atoms with Gasteiger partial charge in [0.2, 0.25) is 5.91 Å². The van der Waals surface area contributed by atoms with E-state index >= 15 is 0 Å². The molecule has 0 atom stereocenters. The lowest BCUT2D eigenvalue weighted by atomic mass is 10.1. The molecule has 0 aliphatic carbocycles. The highest BCUT2D eigenvalue weighted by molar-refractivity contribution is 7.07. The van der Waals surface area contributed by atoms with Crippen molar-refractivity contribution in [2.24, 2.45) is 10.1 Å². The number of carbonyl (C=O) groups is 3. The summed E-state index contributed by atoms with van der Waals surface area (Å²) in [5, 5.41) is 5.47. The topological polar surface area (TPSA) is 102 Å². The van der Waals surface area contributed by atoms with E-state index in [1.807, 2.05) is 47.3 Å². The Bertz CT molecular complexity index is 956. The molecule has 1 aliphatic rings. The molecule has 0 radical (unpaired) electrons. The first-order valence-corrected chi connectivity index (χ1v) is 9.19. The maximum atomic E-state index is 12.0. The molecule has 2 aromatic rings. The van der Waals surface area contributed by atoms with Crippen LogP contribution in [0.25, 0.3) is 0 Å². The Morgan fingerprint density at radius 1 is 1.30 bits per heavy atom. The van der Waals surface area contributed by atoms with E-state index in [9.17, 15) is 14.4 Å². The summed E-state index contributed by atoms with van der Waals surface area (Å²) in [4.78, 5) is 39.4. The minimum atomic E-state index is -0.725. The summed E-state index contributed by atoms with van der Waals surface area (Å²) in [6.45, 7) is 2.13. The number of thiazole rings is 1. The number of esters is 1. The first kappa shape index (κ1) is 18.7. The number of benzene rings is 1. The Balaban J connectivity index is 1.61. The zero-order valence-electron chi connectivity index (χ0n) is 14.7. The molecule has 2 heterocycles. The maximum Gasteiger partial charge on any atom is 0.355 e. The summed E-state index contributed by atoms with van der Waals surface area (Å²) in [5.74, 6) is -1.55. The Morgan fingerprint density at radius 2 is 2.07 bits per heavy atom. The molecule has 0 unspecified atom stereocenters. The van der Waals surface area contributed by atoms with Crippen molar-refractivity contribution in [3.8, 4) is 0 Å². The fraction of sp³-hybridized carbons (Fsp3) is 0.278. The van der Waals surface area contributed by atoms with Crippen molar-refractivity contribution in [1.82, 2.24) is 9.99 Å². The molecule has 2 amide bonds. The lowest BCUT2D eigenvalue weighted by Gasteiger charge is -2.10. The van der Waals surface area contributed by atoms with E-state index in [0.29, 0.717) is 11.3 Å². The molecule has 0 bridgehead atoms. The Hall–Kier alpha value is -3.07. The second kappa shape index (κ2) is 8.54. The van der Waals surface area contributed by atoms with Gasteiger partial charge in [0, 0.05) is 31.0 Å². The highest BCUT2D eigenvalue weighted by Gasteiger charge is 2.20. The molecule has 140 valence electrons. The van der Waals surface area contributed by atoms with E-state index in [2.05, 4.69) is 15.5 Å². The number of carbonyl (C=O) groups excluding carboxylic acids is 3. The summed E-state index contributed by atoms with van der Waals surface area (Å²) in [5.41, 5.74) is 4.57. The Labute approximate surface area is 159 Å². The zero-order chi connectivity index (χ0) is 19.2. The summed E-state index contributed by atoms with van der Waals surface area (Å²) in [6, 6.07) is 8.11. The number of rotatable bonds is 5. The van der Waals surface area contributed by atoms with Crippen LogP contribution in [-0.4, -0.2) is 34.7 Å². The molecular weight excluding hydrogens is 368 g/mol. The average Bonchev–Trinajstić information content (AvgIpc) is 3.09. The van der Waals surface area contributed by atoms with Gasteiger partial charge in [-0.05, 0) is 12.5 Å². The van der Waals surface area contributed by atoms with Gasteiger partial charge in [-0.3, -0.25) is 9.59 Å². The van der Waals surface area contributed by atoms with Crippen LogP contribution in [0.5, 0.6) is 0 Å². The number of aryl methyl sites for hydroxylation is 1. The van der Waals surface area contributed by atoms with E-state index in [1.54, 1.807) is 0 Å². The third-order valence-electron chi connectivity index (χ3n) is 3.82. The fourth-order valence-corrected chi connectivity index (χ4v) is 3.11. The first-order valence-electron chi connectivity index (χ1n) is 8.31. The van der Waals surface area contributed by atoms with Gasteiger partial charge < -0.3 is 9.30 Å². The molecular formula is C18H18N4O4S. The third-order valence-corrected chi connectivity index (χ3v) is 4.62. The molecule has 8 nitrogen and oxygen atoms in total. The van der Waals surface area contributed by atoms with Gasteiger partial charge in [-0.25, -0.2) is 10.2 Å². The lowest BCUT2D eigenvalue weighted by molar-refractivity contribution is -0.141. The van der Waals surface area contributed by atoms with Crippen molar-refractivity contribution in [3.63, 3.8) is 0 Å². The Morgan fingerprint density at radius 3 is 2.78 bits per heavy atom. The average molecular weight is 386 g/mol.